The van der Waals surface area contributed by atoms with Crippen molar-refractivity contribution in [2.75, 3.05) is 13.7 Å². The number of aliphatic hydroxyl groups is 4. The van der Waals surface area contributed by atoms with Crippen molar-refractivity contribution in [3.63, 3.8) is 0 Å². The first-order chi connectivity index (χ1) is 17.8. The molecule has 12 heteroatoms. The number of hydrogen-bond donors (Lipinski definition) is 4. The number of methoxy groups -OCH3 is 1. The van der Waals surface area contributed by atoms with E-state index in [-0.39, 0.29) is 12.4 Å². The van der Waals surface area contributed by atoms with Gasteiger partial charge in [0.1, 0.15) is 36.7 Å². The number of ketones is 1. The fraction of sp³-hybridized carbons (Fsp3) is 0.320. The lowest BCUT2D eigenvalue weighted by Crippen LogP contribution is -2.56. The molecule has 1 aliphatic rings. The number of ether oxygens (including phenoxy) is 3. The Hall–Kier alpha value is -3.13. The largest absolute Gasteiger partial charge is 0.493 e. The summed E-state index contributed by atoms with van der Waals surface area (Å²) in [7, 11) is 1.50. The molecule has 0 amide bonds. The predicted octanol–water partition coefficient (Wildman–Crippen LogP) is 1.50. The maximum absolute atomic E-state index is 12.4. The van der Waals surface area contributed by atoms with Crippen LogP contribution in [0.4, 0.5) is 0 Å². The molecule has 0 radical (unpaired) electrons. The van der Waals surface area contributed by atoms with Gasteiger partial charge in [0, 0.05) is 10.0 Å². The summed E-state index contributed by atoms with van der Waals surface area (Å²) in [6.07, 6.45) is -2.06. The second-order valence-corrected chi connectivity index (χ2v) is 9.23. The van der Waals surface area contributed by atoms with Crippen LogP contribution in [0.2, 0.25) is 0 Å². The molecule has 0 bridgehead atoms. The Balaban J connectivity index is 1.40. The highest BCUT2D eigenvalue weighted by Crippen LogP contribution is 2.30. The standard InChI is InChI=1S/C25H26BrN3O8/c1-35-20-10-14(2-8-18(31)15-4-6-16(26)7-5-15)3-9-19(20)36-13-17-11-29(28-27-17)25-24(34)23(33)22(32)21(12-30)37-25/h2-11,21-25,30,32-34H,12-13H2,1H3/b8-2+/t21-,22-,23+,24-,25-/m1/s1. The van der Waals surface area contributed by atoms with Crippen molar-refractivity contribution in [2.24, 2.45) is 0 Å². The Morgan fingerprint density at radius 1 is 1.11 bits per heavy atom. The number of benzene rings is 2. The van der Waals surface area contributed by atoms with Crippen molar-refractivity contribution in [1.29, 1.82) is 0 Å². The molecule has 3 aromatic rings. The molecule has 2 aromatic carbocycles. The quantitative estimate of drug-likeness (QED) is 0.218. The van der Waals surface area contributed by atoms with Gasteiger partial charge in [-0.3, -0.25) is 4.79 Å². The number of aliphatic hydroxyl groups excluding tert-OH is 4. The third-order valence-electron chi connectivity index (χ3n) is 5.80. The van der Waals surface area contributed by atoms with E-state index >= 15 is 0 Å². The molecule has 0 saturated carbocycles. The number of nitrogens with zero attached hydrogens (tertiary/aromatic N) is 3. The zero-order valence-corrected chi connectivity index (χ0v) is 21.3. The average molecular weight is 576 g/mol. The van der Waals surface area contributed by atoms with Crippen LogP contribution in [0.5, 0.6) is 11.5 Å². The molecular formula is C25H26BrN3O8. The van der Waals surface area contributed by atoms with E-state index in [0.29, 0.717) is 22.8 Å². The van der Waals surface area contributed by atoms with Crippen molar-refractivity contribution in [3.8, 4) is 11.5 Å². The lowest BCUT2D eigenvalue weighted by atomic mass is 9.98. The van der Waals surface area contributed by atoms with E-state index in [9.17, 15) is 25.2 Å². The second-order valence-electron chi connectivity index (χ2n) is 8.31. The summed E-state index contributed by atoms with van der Waals surface area (Å²) in [5, 5.41) is 47.4. The molecule has 11 nitrogen and oxygen atoms in total. The minimum atomic E-state index is -1.53. The first kappa shape index (κ1) is 26.9. The van der Waals surface area contributed by atoms with Crippen LogP contribution in [0.15, 0.2) is 59.2 Å². The van der Waals surface area contributed by atoms with Crippen LogP contribution < -0.4 is 9.47 Å². The third kappa shape index (κ3) is 6.24. The van der Waals surface area contributed by atoms with Gasteiger partial charge >= 0.3 is 0 Å². The van der Waals surface area contributed by atoms with Gasteiger partial charge in [-0.1, -0.05) is 33.3 Å². The van der Waals surface area contributed by atoms with Gasteiger partial charge < -0.3 is 34.6 Å². The van der Waals surface area contributed by atoms with Crippen LogP contribution >= 0.6 is 15.9 Å². The zero-order valence-electron chi connectivity index (χ0n) is 19.7. The normalized spacial score (nSPS) is 23.8. The summed E-state index contributed by atoms with van der Waals surface area (Å²) in [5.74, 6) is 0.745. The lowest BCUT2D eigenvalue weighted by Gasteiger charge is -2.39. The molecule has 4 rings (SSSR count). The second kappa shape index (κ2) is 11.9. The summed E-state index contributed by atoms with van der Waals surface area (Å²) < 4.78 is 18.8. The van der Waals surface area contributed by atoms with Crippen molar-refractivity contribution < 1.29 is 39.4 Å². The number of halogens is 1. The monoisotopic (exact) mass is 575 g/mol. The molecule has 196 valence electrons. The lowest BCUT2D eigenvalue weighted by molar-refractivity contribution is -0.254. The van der Waals surface area contributed by atoms with Gasteiger partial charge in [-0.15, -0.1) is 5.10 Å². The Morgan fingerprint density at radius 3 is 2.57 bits per heavy atom. The molecule has 0 unspecified atom stereocenters. The van der Waals surface area contributed by atoms with E-state index in [1.165, 1.54) is 24.1 Å². The molecular weight excluding hydrogens is 550 g/mol. The number of rotatable bonds is 9. The summed E-state index contributed by atoms with van der Waals surface area (Å²) >= 11 is 3.35. The van der Waals surface area contributed by atoms with Gasteiger partial charge in [0.05, 0.1) is 19.9 Å². The molecule has 1 saturated heterocycles. The Kier molecular flexibility index (Phi) is 8.69. The SMILES string of the molecule is COc1cc(/C=C/C(=O)c2ccc(Br)cc2)ccc1OCc1cn([C@@H]2O[C@H](CO)[C@@H](O)[C@H](O)[C@H]2O)nn1. The first-order valence-corrected chi connectivity index (χ1v) is 12.1. The molecule has 0 aliphatic carbocycles. The number of allylic oxidation sites excluding steroid dienone is 1. The summed E-state index contributed by atoms with van der Waals surface area (Å²) in [4.78, 5) is 12.4. The predicted molar refractivity (Wildman–Crippen MR) is 134 cm³/mol. The number of carbonyl (C=O) groups excluding carboxylic acids is 1. The van der Waals surface area contributed by atoms with Crippen LogP contribution in [0.1, 0.15) is 27.8 Å². The zero-order chi connectivity index (χ0) is 26.5. The molecule has 2 heterocycles. The topological polar surface area (TPSA) is 156 Å². The molecule has 1 aliphatic heterocycles. The third-order valence-corrected chi connectivity index (χ3v) is 6.33. The number of aromatic nitrogens is 3. The smallest absolute Gasteiger partial charge is 0.185 e. The van der Waals surface area contributed by atoms with Gasteiger partial charge in [0.25, 0.3) is 0 Å². The van der Waals surface area contributed by atoms with Crippen LogP contribution in [0, 0.1) is 0 Å². The fourth-order valence-corrected chi connectivity index (χ4v) is 4.01. The van der Waals surface area contributed by atoms with E-state index in [0.717, 1.165) is 10.0 Å². The molecule has 5 atom stereocenters. The highest BCUT2D eigenvalue weighted by Gasteiger charge is 2.44. The average Bonchev–Trinajstić information content (AvgIpc) is 3.38. The van der Waals surface area contributed by atoms with Crippen molar-refractivity contribution in [1.82, 2.24) is 15.0 Å². The van der Waals surface area contributed by atoms with Gasteiger partial charge in [-0.25, -0.2) is 4.68 Å². The number of carbonyl (C=O) groups is 1. The molecule has 4 N–H and O–H groups in total. The summed E-state index contributed by atoms with van der Waals surface area (Å²) in [6, 6.07) is 12.3. The van der Waals surface area contributed by atoms with Gasteiger partial charge in [0.2, 0.25) is 0 Å². The van der Waals surface area contributed by atoms with E-state index in [1.807, 2.05) is 0 Å². The minimum absolute atomic E-state index is 0.00498. The Bertz CT molecular complexity index is 1250. The van der Waals surface area contributed by atoms with Crippen molar-refractivity contribution in [3.05, 3.63) is 76.0 Å². The van der Waals surface area contributed by atoms with Crippen LogP contribution in [-0.4, -0.2) is 79.3 Å². The van der Waals surface area contributed by atoms with Crippen molar-refractivity contribution >= 4 is 27.8 Å². The van der Waals surface area contributed by atoms with E-state index in [4.69, 9.17) is 14.2 Å². The first-order valence-electron chi connectivity index (χ1n) is 11.3. The summed E-state index contributed by atoms with van der Waals surface area (Å²) in [5.41, 5.74) is 1.70. The highest BCUT2D eigenvalue weighted by molar-refractivity contribution is 9.10. The van der Waals surface area contributed by atoms with E-state index < -0.39 is 37.3 Å². The van der Waals surface area contributed by atoms with Crippen LogP contribution in [0.25, 0.3) is 6.08 Å². The molecule has 1 fully saturated rings. The minimum Gasteiger partial charge on any atom is -0.493 e. The number of hydrogen-bond acceptors (Lipinski definition) is 10. The van der Waals surface area contributed by atoms with Crippen molar-refractivity contribution in [2.45, 2.75) is 37.3 Å². The van der Waals surface area contributed by atoms with Crippen LogP contribution in [0.3, 0.4) is 0 Å². The van der Waals surface area contributed by atoms with Crippen LogP contribution in [-0.2, 0) is 11.3 Å². The molecule has 0 spiro atoms. The Labute approximate surface area is 220 Å². The van der Waals surface area contributed by atoms with E-state index in [2.05, 4.69) is 26.2 Å². The van der Waals surface area contributed by atoms with Gasteiger partial charge in [0.15, 0.2) is 23.5 Å². The maximum Gasteiger partial charge on any atom is 0.185 e. The van der Waals surface area contributed by atoms with Gasteiger partial charge in [-0.05, 0) is 48.0 Å². The van der Waals surface area contributed by atoms with Gasteiger partial charge in [-0.2, -0.15) is 0 Å². The van der Waals surface area contributed by atoms with E-state index in [1.54, 1.807) is 48.5 Å². The molecule has 37 heavy (non-hydrogen) atoms. The fourth-order valence-electron chi connectivity index (χ4n) is 3.75. The Morgan fingerprint density at radius 2 is 1.86 bits per heavy atom. The highest BCUT2D eigenvalue weighted by atomic mass is 79.9. The molecule has 1 aromatic heterocycles. The summed E-state index contributed by atoms with van der Waals surface area (Å²) in [6.45, 7) is -0.541. The maximum atomic E-state index is 12.4.